The van der Waals surface area contributed by atoms with Gasteiger partial charge in [0.15, 0.2) is 5.82 Å². The highest BCUT2D eigenvalue weighted by Gasteiger charge is 2.27. The number of hydrogen-bond donors (Lipinski definition) is 3. The normalized spacial score (nSPS) is 17.7. The lowest BCUT2D eigenvalue weighted by Crippen LogP contribution is -2.51. The molecule has 252 valence electrons. The summed E-state index contributed by atoms with van der Waals surface area (Å²) in [7, 11) is 0. The molecule has 2 atom stereocenters. The number of nitrogens with zero attached hydrogens (tertiary/aromatic N) is 2. The van der Waals surface area contributed by atoms with Crippen LogP contribution in [0.2, 0.25) is 0 Å². The molecular formula is C39H46N4O4S. The number of amides is 2. The second kappa shape index (κ2) is 15.2. The van der Waals surface area contributed by atoms with Crippen molar-refractivity contribution >= 4 is 29.1 Å². The molecule has 2 heterocycles. The average molecular weight is 667 g/mol. The Bertz CT molecular complexity index is 1700. The van der Waals surface area contributed by atoms with Gasteiger partial charge in [-0.15, -0.1) is 11.3 Å². The summed E-state index contributed by atoms with van der Waals surface area (Å²) in [5.41, 5.74) is 4.97. The van der Waals surface area contributed by atoms with E-state index < -0.39 is 24.0 Å². The van der Waals surface area contributed by atoms with Crippen molar-refractivity contribution < 1.29 is 19.5 Å². The first-order valence-electron chi connectivity index (χ1n) is 16.9. The monoisotopic (exact) mass is 666 g/mol. The quantitative estimate of drug-likeness (QED) is 0.150. The summed E-state index contributed by atoms with van der Waals surface area (Å²) in [6, 6.07) is 17.9. The van der Waals surface area contributed by atoms with Crippen LogP contribution in [0.4, 0.5) is 0 Å². The Morgan fingerprint density at radius 3 is 2.04 bits per heavy atom. The Morgan fingerprint density at radius 1 is 0.854 bits per heavy atom. The molecule has 0 radical (unpaired) electrons. The second-order valence-corrected chi connectivity index (χ2v) is 15.0. The minimum absolute atomic E-state index is 0.110. The van der Waals surface area contributed by atoms with Crippen LogP contribution in [0.15, 0.2) is 73.1 Å². The van der Waals surface area contributed by atoms with E-state index in [-0.39, 0.29) is 17.7 Å². The number of aromatic nitrogens is 2. The number of benzene rings is 2. The Morgan fingerprint density at radius 2 is 1.48 bits per heavy atom. The maximum atomic E-state index is 13.2. The minimum atomic E-state index is -1.15. The van der Waals surface area contributed by atoms with Crippen molar-refractivity contribution in [2.75, 3.05) is 0 Å². The zero-order chi connectivity index (χ0) is 34.4. The predicted molar refractivity (Wildman–Crippen MR) is 191 cm³/mol. The van der Waals surface area contributed by atoms with E-state index in [0.29, 0.717) is 16.6 Å². The number of carbonyl (C=O) groups is 3. The number of thiophene rings is 1. The lowest BCUT2D eigenvalue weighted by atomic mass is 9.78. The van der Waals surface area contributed by atoms with Crippen LogP contribution < -0.4 is 10.6 Å². The molecule has 8 nitrogen and oxygen atoms in total. The molecule has 0 unspecified atom stereocenters. The smallest absolute Gasteiger partial charge is 0.325 e. The number of nitrogens with one attached hydrogen (secondary N) is 2. The fourth-order valence-corrected chi connectivity index (χ4v) is 7.15. The molecule has 1 aliphatic carbocycles. The SMILES string of the molecule is CCC1CCC(c2ccc(-c3cnc(-c4ccc(C[C@H](NC(=O)c5ccc(C(C)(C)C)s5)C(=O)N[C@@H](C)C(=O)O)cc4)nc3)cc2)CC1. The van der Waals surface area contributed by atoms with E-state index in [0.717, 1.165) is 33.0 Å². The topological polar surface area (TPSA) is 121 Å². The Hall–Kier alpha value is -4.37. The summed E-state index contributed by atoms with van der Waals surface area (Å²) in [5, 5.41) is 14.6. The largest absolute Gasteiger partial charge is 0.480 e. The van der Waals surface area contributed by atoms with E-state index >= 15 is 0 Å². The van der Waals surface area contributed by atoms with Gasteiger partial charge in [0.25, 0.3) is 5.91 Å². The van der Waals surface area contributed by atoms with Crippen molar-refractivity contribution in [2.24, 2.45) is 5.92 Å². The van der Waals surface area contributed by atoms with E-state index in [2.05, 4.69) is 72.6 Å². The molecule has 48 heavy (non-hydrogen) atoms. The van der Waals surface area contributed by atoms with Crippen LogP contribution >= 0.6 is 11.3 Å². The van der Waals surface area contributed by atoms with Gasteiger partial charge >= 0.3 is 5.97 Å². The van der Waals surface area contributed by atoms with Gasteiger partial charge in [0, 0.05) is 34.8 Å². The summed E-state index contributed by atoms with van der Waals surface area (Å²) in [5.74, 6) is 0.0265. The van der Waals surface area contributed by atoms with Gasteiger partial charge in [-0.25, -0.2) is 9.97 Å². The first-order valence-corrected chi connectivity index (χ1v) is 17.7. The van der Waals surface area contributed by atoms with Gasteiger partial charge in [-0.3, -0.25) is 14.4 Å². The molecular weight excluding hydrogens is 621 g/mol. The third-order valence-corrected chi connectivity index (χ3v) is 10.9. The Labute approximate surface area is 287 Å². The van der Waals surface area contributed by atoms with Crippen LogP contribution in [-0.4, -0.2) is 44.9 Å². The van der Waals surface area contributed by atoms with E-state index in [1.54, 1.807) is 6.07 Å². The molecule has 2 aromatic carbocycles. The number of hydrogen-bond acceptors (Lipinski definition) is 6. The Balaban J connectivity index is 1.25. The lowest BCUT2D eigenvalue weighted by molar-refractivity contribution is -0.141. The summed E-state index contributed by atoms with van der Waals surface area (Å²) in [6.45, 7) is 9.91. The molecule has 2 aromatic heterocycles. The van der Waals surface area contributed by atoms with Gasteiger partial charge in [0.2, 0.25) is 5.91 Å². The van der Waals surface area contributed by atoms with E-state index in [4.69, 9.17) is 0 Å². The molecule has 0 spiro atoms. The number of carboxylic acid groups (broad SMARTS) is 1. The van der Waals surface area contributed by atoms with E-state index in [9.17, 15) is 19.5 Å². The second-order valence-electron chi connectivity index (χ2n) is 14.0. The highest BCUT2D eigenvalue weighted by molar-refractivity contribution is 7.14. The molecule has 9 heteroatoms. The molecule has 3 N–H and O–H groups in total. The molecule has 0 bridgehead atoms. The Kier molecular flexibility index (Phi) is 11.1. The summed E-state index contributed by atoms with van der Waals surface area (Å²) >= 11 is 1.38. The fraction of sp³-hybridized carbons (Fsp3) is 0.410. The standard InChI is InChI=1S/C39H46N4O4S/c1-6-25-7-11-27(12-8-25)28-15-17-29(18-16-28)31-22-40-35(41-23-31)30-13-9-26(10-14-30)21-32(36(44)42-24(2)38(46)47)43-37(45)33-19-20-34(48-33)39(3,4)5/h9-10,13-20,22-25,27,32H,6-8,11-12,21H2,1-5H3,(H,42,44)(H,43,45)(H,46,47)/t24-,25?,27?,32-/m0/s1. The molecule has 1 aliphatic rings. The molecule has 1 saturated carbocycles. The highest BCUT2D eigenvalue weighted by atomic mass is 32.1. The molecule has 2 amide bonds. The van der Waals surface area contributed by atoms with Crippen LogP contribution in [0.25, 0.3) is 22.5 Å². The van der Waals surface area contributed by atoms with Crippen molar-refractivity contribution in [1.29, 1.82) is 0 Å². The maximum Gasteiger partial charge on any atom is 0.325 e. The van der Waals surface area contributed by atoms with Gasteiger partial charge in [-0.1, -0.05) is 82.6 Å². The number of carbonyl (C=O) groups excluding carboxylic acids is 2. The lowest BCUT2D eigenvalue weighted by Gasteiger charge is -2.28. The van der Waals surface area contributed by atoms with E-state index in [1.807, 2.05) is 42.7 Å². The molecule has 4 aromatic rings. The number of aliphatic carboxylic acids is 1. The minimum Gasteiger partial charge on any atom is -0.480 e. The van der Waals surface area contributed by atoms with Crippen LogP contribution in [0.3, 0.4) is 0 Å². The molecule has 0 aliphatic heterocycles. The van der Waals surface area contributed by atoms with Gasteiger partial charge in [0.1, 0.15) is 12.1 Å². The highest BCUT2D eigenvalue weighted by Crippen LogP contribution is 2.37. The summed E-state index contributed by atoms with van der Waals surface area (Å²) < 4.78 is 0. The average Bonchev–Trinajstić information content (AvgIpc) is 3.60. The third kappa shape index (κ3) is 8.75. The predicted octanol–water partition coefficient (Wildman–Crippen LogP) is 7.78. The summed E-state index contributed by atoms with van der Waals surface area (Å²) in [4.78, 5) is 48.5. The number of carboxylic acids is 1. The van der Waals surface area contributed by atoms with Crippen molar-refractivity contribution in [1.82, 2.24) is 20.6 Å². The van der Waals surface area contributed by atoms with Gasteiger partial charge in [-0.2, -0.15) is 0 Å². The zero-order valence-electron chi connectivity index (χ0n) is 28.5. The molecule has 5 rings (SSSR count). The van der Waals surface area contributed by atoms with Crippen molar-refractivity contribution in [3.63, 3.8) is 0 Å². The molecule has 0 saturated heterocycles. The van der Waals surface area contributed by atoms with Crippen LogP contribution in [0, 0.1) is 5.92 Å². The molecule has 1 fully saturated rings. The van der Waals surface area contributed by atoms with Crippen LogP contribution in [0.5, 0.6) is 0 Å². The zero-order valence-corrected chi connectivity index (χ0v) is 29.3. The van der Waals surface area contributed by atoms with Gasteiger partial charge in [0.05, 0.1) is 4.88 Å². The van der Waals surface area contributed by atoms with Crippen molar-refractivity contribution in [3.05, 3.63) is 93.9 Å². The van der Waals surface area contributed by atoms with Crippen LogP contribution in [0.1, 0.15) is 98.3 Å². The maximum absolute atomic E-state index is 13.2. The van der Waals surface area contributed by atoms with Gasteiger partial charge in [-0.05, 0) is 78.7 Å². The van der Waals surface area contributed by atoms with Gasteiger partial charge < -0.3 is 15.7 Å². The summed E-state index contributed by atoms with van der Waals surface area (Å²) in [6.07, 6.45) is 10.3. The number of rotatable bonds is 11. The fourth-order valence-electron chi connectivity index (χ4n) is 6.18. The van der Waals surface area contributed by atoms with E-state index in [1.165, 1.54) is 55.9 Å². The third-order valence-electron chi connectivity index (χ3n) is 9.36. The first-order chi connectivity index (χ1) is 22.9. The van der Waals surface area contributed by atoms with Crippen molar-refractivity contribution in [3.8, 4) is 22.5 Å². The van der Waals surface area contributed by atoms with Crippen LogP contribution in [-0.2, 0) is 21.4 Å². The first kappa shape index (κ1) is 35.0. The van der Waals surface area contributed by atoms with Crippen molar-refractivity contribution in [2.45, 2.75) is 96.6 Å².